The lowest BCUT2D eigenvalue weighted by Gasteiger charge is -2.25. The molecule has 2 unspecified atom stereocenters. The Morgan fingerprint density at radius 1 is 1.37 bits per heavy atom. The molecule has 1 fully saturated rings. The van der Waals surface area contributed by atoms with Crippen molar-refractivity contribution in [2.75, 3.05) is 12.9 Å². The Labute approximate surface area is 110 Å². The Bertz CT molecular complexity index is 625. The average Bonchev–Trinajstić information content (AvgIpc) is 2.68. The molecule has 1 aliphatic rings. The molecule has 0 saturated carbocycles. The van der Waals surface area contributed by atoms with Gasteiger partial charge in [0.05, 0.1) is 5.92 Å². The Morgan fingerprint density at radius 2 is 1.95 bits per heavy atom. The van der Waals surface area contributed by atoms with E-state index in [1.165, 1.54) is 0 Å². The van der Waals surface area contributed by atoms with Crippen LogP contribution in [0, 0.1) is 0 Å². The second-order valence-corrected chi connectivity index (χ2v) is 6.62. The summed E-state index contributed by atoms with van der Waals surface area (Å²) < 4.78 is 26.4. The van der Waals surface area contributed by atoms with Crippen LogP contribution in [-0.2, 0) is 24.2 Å². The van der Waals surface area contributed by atoms with E-state index in [0.717, 1.165) is 6.26 Å². The molecule has 1 aliphatic heterocycles. The molecule has 1 aromatic rings. The molecule has 1 heterocycles. The number of benzene rings is 1. The van der Waals surface area contributed by atoms with Gasteiger partial charge >= 0.3 is 5.97 Å². The van der Waals surface area contributed by atoms with E-state index in [1.807, 2.05) is 0 Å². The first-order valence-electron chi connectivity index (χ1n) is 5.53. The zero-order chi connectivity index (χ0) is 14.3. The number of rotatable bonds is 3. The van der Waals surface area contributed by atoms with Crippen LogP contribution < -0.4 is 5.73 Å². The maximum absolute atomic E-state index is 12.0. The number of amides is 1. The van der Waals surface area contributed by atoms with Crippen LogP contribution in [0.25, 0.3) is 0 Å². The van der Waals surface area contributed by atoms with Crippen LogP contribution >= 0.6 is 0 Å². The van der Waals surface area contributed by atoms with Crippen molar-refractivity contribution in [2.24, 2.45) is 5.73 Å². The third kappa shape index (κ3) is 1.81. The summed E-state index contributed by atoms with van der Waals surface area (Å²) in [5.74, 6) is -3.23. The molecule has 0 bridgehead atoms. The SMILES string of the molecule is CS(=O)(=O)C1(C(N)=O)C(=O)OCC1c1ccccc1. The largest absolute Gasteiger partial charge is 0.463 e. The fourth-order valence-corrected chi connectivity index (χ4v) is 3.86. The van der Waals surface area contributed by atoms with Crippen molar-refractivity contribution in [3.63, 3.8) is 0 Å². The topological polar surface area (TPSA) is 104 Å². The van der Waals surface area contributed by atoms with E-state index in [-0.39, 0.29) is 6.61 Å². The van der Waals surface area contributed by atoms with Crippen molar-refractivity contribution < 1.29 is 22.7 Å². The smallest absolute Gasteiger partial charge is 0.338 e. The van der Waals surface area contributed by atoms with Gasteiger partial charge in [-0.05, 0) is 5.56 Å². The number of cyclic esters (lactones) is 1. The monoisotopic (exact) mass is 283 g/mol. The van der Waals surface area contributed by atoms with E-state index in [1.54, 1.807) is 30.3 Å². The fourth-order valence-electron chi connectivity index (χ4n) is 2.41. The first-order valence-corrected chi connectivity index (χ1v) is 7.42. The normalized spacial score (nSPS) is 27.0. The van der Waals surface area contributed by atoms with Crippen molar-refractivity contribution in [2.45, 2.75) is 10.7 Å². The summed E-state index contributed by atoms with van der Waals surface area (Å²) >= 11 is 0. The first kappa shape index (κ1) is 13.5. The third-order valence-corrected chi connectivity index (χ3v) is 5.15. The maximum Gasteiger partial charge on any atom is 0.338 e. The van der Waals surface area contributed by atoms with Crippen molar-refractivity contribution in [1.29, 1.82) is 0 Å². The van der Waals surface area contributed by atoms with Crippen LogP contribution in [0.15, 0.2) is 30.3 Å². The van der Waals surface area contributed by atoms with Gasteiger partial charge < -0.3 is 10.5 Å². The van der Waals surface area contributed by atoms with E-state index in [9.17, 15) is 18.0 Å². The highest BCUT2D eigenvalue weighted by Gasteiger charge is 2.65. The molecule has 7 heteroatoms. The van der Waals surface area contributed by atoms with Crippen LogP contribution in [0.3, 0.4) is 0 Å². The van der Waals surface area contributed by atoms with Crippen LogP contribution in [-0.4, -0.2) is 37.9 Å². The highest BCUT2D eigenvalue weighted by Crippen LogP contribution is 2.41. The highest BCUT2D eigenvalue weighted by atomic mass is 32.2. The van der Waals surface area contributed by atoms with Crippen LogP contribution in [0.1, 0.15) is 11.5 Å². The summed E-state index contributed by atoms with van der Waals surface area (Å²) in [4.78, 5) is 23.6. The first-order chi connectivity index (χ1) is 8.81. The number of sulfone groups is 1. The van der Waals surface area contributed by atoms with Crippen LogP contribution in [0.5, 0.6) is 0 Å². The summed E-state index contributed by atoms with van der Waals surface area (Å²) in [5.41, 5.74) is 5.74. The Kier molecular flexibility index (Phi) is 3.09. The molecule has 0 radical (unpaired) electrons. The summed E-state index contributed by atoms with van der Waals surface area (Å²) in [5, 5.41) is 0. The summed E-state index contributed by atoms with van der Waals surface area (Å²) in [7, 11) is -4.06. The number of hydrogen-bond acceptors (Lipinski definition) is 5. The number of ether oxygens (including phenoxy) is 1. The van der Waals surface area contributed by atoms with Crippen LogP contribution in [0.2, 0.25) is 0 Å². The van der Waals surface area contributed by atoms with Crippen molar-refractivity contribution in [1.82, 2.24) is 0 Å². The molecule has 19 heavy (non-hydrogen) atoms. The third-order valence-electron chi connectivity index (χ3n) is 3.33. The molecule has 0 aliphatic carbocycles. The molecular weight excluding hydrogens is 270 g/mol. The van der Waals surface area contributed by atoms with Gasteiger partial charge in [-0.3, -0.25) is 4.79 Å². The van der Waals surface area contributed by atoms with E-state index in [0.29, 0.717) is 5.56 Å². The summed E-state index contributed by atoms with van der Waals surface area (Å²) in [6.07, 6.45) is 0.820. The number of carbonyl (C=O) groups is 2. The standard InChI is InChI=1S/C12H13NO5S/c1-19(16,17)12(10(13)14)9(7-18-11(12)15)8-5-3-2-4-6-8/h2-6,9H,7H2,1H3,(H2,13,14). The zero-order valence-electron chi connectivity index (χ0n) is 10.2. The molecule has 102 valence electrons. The molecule has 0 spiro atoms. The predicted molar refractivity (Wildman–Crippen MR) is 66.9 cm³/mol. The second kappa shape index (κ2) is 4.34. The molecule has 2 atom stereocenters. The number of nitrogens with two attached hydrogens (primary N) is 1. The Morgan fingerprint density at radius 3 is 2.42 bits per heavy atom. The fraction of sp³-hybridized carbons (Fsp3) is 0.333. The van der Waals surface area contributed by atoms with Gasteiger partial charge in [0.2, 0.25) is 0 Å². The van der Waals surface area contributed by atoms with Crippen molar-refractivity contribution >= 4 is 21.7 Å². The van der Waals surface area contributed by atoms with Gasteiger partial charge in [-0.2, -0.15) is 0 Å². The predicted octanol–water partition coefficient (Wildman–Crippen LogP) is -0.404. The molecule has 2 rings (SSSR count). The molecule has 6 nitrogen and oxygen atoms in total. The van der Waals surface area contributed by atoms with Crippen molar-refractivity contribution in [3.05, 3.63) is 35.9 Å². The quantitative estimate of drug-likeness (QED) is 0.600. The minimum Gasteiger partial charge on any atom is -0.463 e. The Hall–Kier alpha value is -1.89. The molecule has 1 saturated heterocycles. The van der Waals surface area contributed by atoms with Gasteiger partial charge in [0.15, 0.2) is 9.84 Å². The number of hydrogen-bond donors (Lipinski definition) is 1. The molecule has 1 aromatic carbocycles. The Balaban J connectivity index is 2.68. The van der Waals surface area contributed by atoms with Gasteiger partial charge in [-0.15, -0.1) is 0 Å². The van der Waals surface area contributed by atoms with Gasteiger partial charge in [-0.25, -0.2) is 13.2 Å². The van der Waals surface area contributed by atoms with Gasteiger partial charge in [0, 0.05) is 6.26 Å². The van der Waals surface area contributed by atoms with Gasteiger partial charge in [0.25, 0.3) is 10.7 Å². The van der Waals surface area contributed by atoms with Crippen molar-refractivity contribution in [3.8, 4) is 0 Å². The maximum atomic E-state index is 12.0. The number of carbonyl (C=O) groups excluding carboxylic acids is 2. The van der Waals surface area contributed by atoms with Gasteiger partial charge in [0.1, 0.15) is 6.61 Å². The lowest BCUT2D eigenvalue weighted by atomic mass is 9.87. The van der Waals surface area contributed by atoms with Crippen LogP contribution in [0.4, 0.5) is 0 Å². The molecule has 1 amide bonds. The van der Waals surface area contributed by atoms with Gasteiger partial charge in [-0.1, -0.05) is 30.3 Å². The minimum absolute atomic E-state index is 0.182. The molecule has 2 N–H and O–H groups in total. The molecule has 0 aromatic heterocycles. The summed E-state index contributed by atoms with van der Waals surface area (Å²) in [6.45, 7) is -0.182. The lowest BCUT2D eigenvalue weighted by molar-refractivity contribution is -0.142. The zero-order valence-corrected chi connectivity index (χ0v) is 11.0. The highest BCUT2D eigenvalue weighted by molar-refractivity contribution is 7.93. The molecular formula is C12H13NO5S. The average molecular weight is 283 g/mol. The van der Waals surface area contributed by atoms with E-state index < -0.39 is 32.4 Å². The lowest BCUT2D eigenvalue weighted by Crippen LogP contribution is -2.57. The second-order valence-electron chi connectivity index (χ2n) is 4.43. The summed E-state index contributed by atoms with van der Waals surface area (Å²) in [6, 6.07) is 8.39. The number of esters is 1. The van der Waals surface area contributed by atoms with E-state index in [4.69, 9.17) is 10.5 Å². The minimum atomic E-state index is -4.06. The van der Waals surface area contributed by atoms with E-state index >= 15 is 0 Å². The number of primary amides is 1. The van der Waals surface area contributed by atoms with E-state index in [2.05, 4.69) is 0 Å².